The summed E-state index contributed by atoms with van der Waals surface area (Å²) in [6.07, 6.45) is 2.75. The molecule has 2 atom stereocenters. The molecule has 0 N–H and O–H groups in total. The molecule has 2 amide bonds. The highest BCUT2D eigenvalue weighted by Crippen LogP contribution is 2.38. The average molecular weight is 621 g/mol. The molecular formula is C29H24Cl2F2N2O7. The van der Waals surface area contributed by atoms with E-state index in [9.17, 15) is 28.4 Å². The summed E-state index contributed by atoms with van der Waals surface area (Å²) >= 11 is 12.6. The van der Waals surface area contributed by atoms with Crippen LogP contribution in [0.1, 0.15) is 57.7 Å². The molecule has 1 aliphatic heterocycles. The second kappa shape index (κ2) is 12.1. The van der Waals surface area contributed by atoms with Crippen LogP contribution in [0, 0.1) is 11.1 Å². The lowest BCUT2D eigenvalue weighted by molar-refractivity contribution is -0.605. The summed E-state index contributed by atoms with van der Waals surface area (Å²) < 4.78 is 42.8. The largest absolute Gasteiger partial charge is 0.619 e. The summed E-state index contributed by atoms with van der Waals surface area (Å²) in [5, 5.41) is 11.8. The first-order valence-electron chi connectivity index (χ1n) is 13.0. The van der Waals surface area contributed by atoms with Gasteiger partial charge in [0, 0.05) is 12.0 Å². The van der Waals surface area contributed by atoms with Gasteiger partial charge in [-0.1, -0.05) is 41.4 Å². The number of aromatic nitrogens is 1. The van der Waals surface area contributed by atoms with Crippen LogP contribution in [0.3, 0.4) is 0 Å². The summed E-state index contributed by atoms with van der Waals surface area (Å²) in [7, 11) is 0. The molecule has 220 valence electrons. The lowest BCUT2D eigenvalue weighted by Crippen LogP contribution is -2.44. The van der Waals surface area contributed by atoms with Gasteiger partial charge in [0.1, 0.15) is 22.2 Å². The fourth-order valence-electron chi connectivity index (χ4n) is 4.57. The first kappa shape index (κ1) is 29.5. The number of imide groups is 1. The summed E-state index contributed by atoms with van der Waals surface area (Å²) in [5.74, 6) is -2.11. The van der Waals surface area contributed by atoms with E-state index in [-0.39, 0.29) is 51.3 Å². The Kier molecular flexibility index (Phi) is 8.51. The molecular weight excluding hydrogens is 597 g/mol. The number of carbonyl (C=O) groups is 3. The average Bonchev–Trinajstić information content (AvgIpc) is 3.74. The molecule has 3 aromatic rings. The highest BCUT2D eigenvalue weighted by Gasteiger charge is 2.42. The van der Waals surface area contributed by atoms with Crippen LogP contribution in [0.2, 0.25) is 10.0 Å². The number of amides is 2. The highest BCUT2D eigenvalue weighted by atomic mass is 35.5. The van der Waals surface area contributed by atoms with Crippen LogP contribution >= 0.6 is 23.2 Å². The standard InChI is InChI=1S/C29H24Cl2F2N2O7/c1-15(35-26(36)18-4-2-3-5-19(18)27(35)37)28(38)41-24(11-20-21(30)12-34(39)13-22(20)31)17-8-9-23(42-29(32)33)25(10-17)40-14-16-6-7-16/h2-5,8-10,12-13,15-16,24,29H,6-7,11,14H2,1H3/t15?,24-/m0/s1. The zero-order valence-electron chi connectivity index (χ0n) is 22.1. The smallest absolute Gasteiger partial charge is 0.387 e. The highest BCUT2D eigenvalue weighted by molar-refractivity contribution is 6.35. The van der Waals surface area contributed by atoms with Gasteiger partial charge in [-0.2, -0.15) is 13.5 Å². The van der Waals surface area contributed by atoms with Gasteiger partial charge in [0.15, 0.2) is 23.9 Å². The van der Waals surface area contributed by atoms with Crippen LogP contribution in [-0.2, 0) is 16.0 Å². The molecule has 9 nitrogen and oxygen atoms in total. The van der Waals surface area contributed by atoms with E-state index >= 15 is 0 Å². The molecule has 42 heavy (non-hydrogen) atoms. The van der Waals surface area contributed by atoms with Gasteiger partial charge < -0.3 is 19.4 Å². The molecule has 1 aromatic heterocycles. The van der Waals surface area contributed by atoms with Crippen molar-refractivity contribution < 1.29 is 42.1 Å². The molecule has 2 aliphatic rings. The van der Waals surface area contributed by atoms with Crippen LogP contribution in [0.15, 0.2) is 54.9 Å². The Bertz CT molecular complexity index is 1490. The molecule has 1 aliphatic carbocycles. The third-order valence-electron chi connectivity index (χ3n) is 6.99. The van der Waals surface area contributed by atoms with Crippen LogP contribution in [0.25, 0.3) is 0 Å². The van der Waals surface area contributed by atoms with Crippen molar-refractivity contribution in [2.45, 2.75) is 44.9 Å². The maximum atomic E-state index is 13.4. The van der Waals surface area contributed by atoms with Crippen molar-refractivity contribution in [2.24, 2.45) is 5.92 Å². The van der Waals surface area contributed by atoms with Gasteiger partial charge in [0.25, 0.3) is 11.8 Å². The molecule has 0 saturated heterocycles. The van der Waals surface area contributed by atoms with Gasteiger partial charge in [-0.15, -0.1) is 0 Å². The van der Waals surface area contributed by atoms with Crippen molar-refractivity contribution >= 4 is 41.0 Å². The van der Waals surface area contributed by atoms with Crippen molar-refractivity contribution in [3.05, 3.63) is 92.4 Å². The molecule has 2 heterocycles. The number of hydrogen-bond donors (Lipinski definition) is 0. The molecule has 2 aromatic carbocycles. The Balaban J connectivity index is 1.47. The van der Waals surface area contributed by atoms with Crippen molar-refractivity contribution in [3.63, 3.8) is 0 Å². The molecule has 1 fully saturated rings. The van der Waals surface area contributed by atoms with Crippen molar-refractivity contribution in [1.82, 2.24) is 4.90 Å². The summed E-state index contributed by atoms with van der Waals surface area (Å²) in [5.41, 5.74) is 0.903. The first-order valence-corrected chi connectivity index (χ1v) is 13.7. The van der Waals surface area contributed by atoms with E-state index in [1.807, 2.05) is 0 Å². The number of fused-ring (bicyclic) bond motifs is 1. The van der Waals surface area contributed by atoms with Crippen molar-refractivity contribution in [1.29, 1.82) is 0 Å². The summed E-state index contributed by atoms with van der Waals surface area (Å²) in [4.78, 5) is 40.2. The normalized spacial score (nSPS) is 15.9. The number of carbonyl (C=O) groups excluding carboxylic acids is 3. The number of alkyl halides is 2. The molecule has 1 saturated carbocycles. The van der Waals surface area contributed by atoms with Crippen LogP contribution in [0.4, 0.5) is 8.78 Å². The Morgan fingerprint density at radius 1 is 1.05 bits per heavy atom. The topological polar surface area (TPSA) is 109 Å². The zero-order valence-corrected chi connectivity index (χ0v) is 23.6. The maximum Gasteiger partial charge on any atom is 0.387 e. The van der Waals surface area contributed by atoms with E-state index in [0.29, 0.717) is 16.2 Å². The van der Waals surface area contributed by atoms with Gasteiger partial charge in [-0.05, 0) is 55.5 Å². The Morgan fingerprint density at radius 3 is 2.24 bits per heavy atom. The SMILES string of the molecule is CC(C(=O)O[C@@H](Cc1c(Cl)c[n+]([O-])cc1Cl)c1ccc(OC(F)F)c(OCC2CC2)c1)N1C(=O)c2ccccc2C1=O. The summed E-state index contributed by atoms with van der Waals surface area (Å²) in [6.45, 7) is -1.47. The van der Waals surface area contributed by atoms with E-state index in [1.165, 1.54) is 37.3 Å². The predicted molar refractivity (Wildman–Crippen MR) is 146 cm³/mol. The quantitative estimate of drug-likeness (QED) is 0.120. The predicted octanol–water partition coefficient (Wildman–Crippen LogP) is 5.53. The molecule has 1 unspecified atom stereocenters. The third-order valence-corrected chi connectivity index (χ3v) is 7.64. The van der Waals surface area contributed by atoms with Gasteiger partial charge >= 0.3 is 12.6 Å². The Morgan fingerprint density at radius 2 is 1.67 bits per heavy atom. The minimum absolute atomic E-state index is 0.00481. The Hall–Kier alpha value is -3.96. The van der Waals surface area contributed by atoms with Crippen LogP contribution < -0.4 is 14.2 Å². The number of nitrogens with zero attached hydrogens (tertiary/aromatic N) is 2. The van der Waals surface area contributed by atoms with Gasteiger partial charge in [0.05, 0.1) is 17.7 Å². The van der Waals surface area contributed by atoms with Crippen LogP contribution in [-0.4, -0.2) is 41.9 Å². The number of esters is 1. The number of ether oxygens (including phenoxy) is 3. The zero-order chi connectivity index (χ0) is 30.1. The fourth-order valence-corrected chi connectivity index (χ4v) is 5.16. The Labute approximate surface area is 249 Å². The second-order valence-electron chi connectivity index (χ2n) is 9.96. The van der Waals surface area contributed by atoms with Gasteiger partial charge in [-0.3, -0.25) is 14.5 Å². The van der Waals surface area contributed by atoms with Gasteiger partial charge in [0.2, 0.25) is 0 Å². The van der Waals surface area contributed by atoms with E-state index in [4.69, 9.17) is 32.7 Å². The summed E-state index contributed by atoms with van der Waals surface area (Å²) in [6, 6.07) is 8.95. The lowest BCUT2D eigenvalue weighted by Gasteiger charge is -2.26. The van der Waals surface area contributed by atoms with E-state index in [2.05, 4.69) is 4.74 Å². The number of hydrogen-bond acceptors (Lipinski definition) is 7. The van der Waals surface area contributed by atoms with E-state index < -0.39 is 36.5 Å². The van der Waals surface area contributed by atoms with Crippen molar-refractivity contribution in [3.8, 4) is 11.5 Å². The van der Waals surface area contributed by atoms with E-state index in [0.717, 1.165) is 30.1 Å². The molecule has 0 bridgehead atoms. The molecule has 5 rings (SSSR count). The minimum Gasteiger partial charge on any atom is -0.619 e. The lowest BCUT2D eigenvalue weighted by atomic mass is 10.0. The third kappa shape index (κ3) is 6.27. The maximum absolute atomic E-state index is 13.4. The van der Waals surface area contributed by atoms with Crippen LogP contribution in [0.5, 0.6) is 11.5 Å². The van der Waals surface area contributed by atoms with Gasteiger partial charge in [-0.25, -0.2) is 4.79 Å². The fraction of sp³-hybridized carbons (Fsp3) is 0.310. The number of halogens is 4. The number of benzene rings is 2. The monoisotopic (exact) mass is 620 g/mol. The molecule has 0 radical (unpaired) electrons. The number of pyridine rings is 1. The van der Waals surface area contributed by atoms with Crippen molar-refractivity contribution in [2.75, 3.05) is 6.61 Å². The first-order chi connectivity index (χ1) is 20.0. The molecule has 13 heteroatoms. The minimum atomic E-state index is -3.10. The van der Waals surface area contributed by atoms with E-state index in [1.54, 1.807) is 12.1 Å². The number of rotatable bonds is 11. The molecule has 0 spiro atoms. The second-order valence-corrected chi connectivity index (χ2v) is 10.8.